The number of piperidine rings is 1. The second-order valence-electron chi connectivity index (χ2n) is 14.2. The van der Waals surface area contributed by atoms with E-state index >= 15 is 0 Å². The number of pyridine rings is 1. The smallest absolute Gasteiger partial charge is 0.411 e. The first-order valence-corrected chi connectivity index (χ1v) is 18.1. The minimum Gasteiger partial charge on any atom is -0.506 e. The summed E-state index contributed by atoms with van der Waals surface area (Å²) in [7, 11) is 4.42. The summed E-state index contributed by atoms with van der Waals surface area (Å²) in [5, 5.41) is 27.8. The van der Waals surface area contributed by atoms with Gasteiger partial charge >= 0.3 is 6.09 Å². The number of benzene rings is 4. The molecule has 1 saturated heterocycles. The van der Waals surface area contributed by atoms with Gasteiger partial charge in [0.2, 0.25) is 5.56 Å². The lowest BCUT2D eigenvalue weighted by Gasteiger charge is -2.36. The van der Waals surface area contributed by atoms with Crippen molar-refractivity contribution in [2.24, 2.45) is 0 Å². The van der Waals surface area contributed by atoms with Crippen molar-refractivity contribution in [2.75, 3.05) is 52.2 Å². The highest BCUT2D eigenvalue weighted by atomic mass is 16.6. The number of carbonyl (C=O) groups is 1. The number of hydrogen-bond donors (Lipinski definition) is 5. The summed E-state index contributed by atoms with van der Waals surface area (Å²) >= 11 is 0. The van der Waals surface area contributed by atoms with Crippen molar-refractivity contribution in [3.63, 3.8) is 0 Å². The van der Waals surface area contributed by atoms with Crippen LogP contribution in [0.2, 0.25) is 0 Å². The molecular weight excluding hydrogens is 656 g/mol. The molecule has 0 spiro atoms. The Balaban J connectivity index is 0.956. The van der Waals surface area contributed by atoms with Crippen LogP contribution in [0.4, 0.5) is 10.5 Å². The van der Waals surface area contributed by atoms with E-state index in [1.807, 2.05) is 60.7 Å². The number of phenolic OH excluding ortho intramolecular Hbond substituents is 1. The van der Waals surface area contributed by atoms with E-state index in [-0.39, 0.29) is 17.4 Å². The zero-order chi connectivity index (χ0) is 36.5. The van der Waals surface area contributed by atoms with Crippen LogP contribution in [0.15, 0.2) is 102 Å². The van der Waals surface area contributed by atoms with E-state index in [4.69, 9.17) is 9.47 Å². The Labute approximate surface area is 304 Å². The molecule has 1 aromatic heterocycles. The Kier molecular flexibility index (Phi) is 11.9. The topological polar surface area (TPSA) is 133 Å². The van der Waals surface area contributed by atoms with E-state index in [1.165, 1.54) is 12.1 Å². The van der Waals surface area contributed by atoms with Crippen LogP contribution in [-0.4, -0.2) is 78.8 Å². The third-order valence-corrected chi connectivity index (χ3v) is 9.79. The van der Waals surface area contributed by atoms with E-state index in [0.29, 0.717) is 36.2 Å². The molecule has 2 heterocycles. The third kappa shape index (κ3) is 9.79. The normalized spacial score (nSPS) is 14.9. The molecule has 1 fully saturated rings. The lowest BCUT2D eigenvalue weighted by molar-refractivity contribution is -0.896. The molecule has 1 aliphatic rings. The van der Waals surface area contributed by atoms with Gasteiger partial charge in [-0.05, 0) is 78.4 Å². The summed E-state index contributed by atoms with van der Waals surface area (Å²) < 4.78 is 12.8. The number of nitrogens with one attached hydrogen (secondary N) is 3. The number of rotatable bonds is 14. The van der Waals surface area contributed by atoms with E-state index in [2.05, 4.69) is 41.8 Å². The molecule has 0 radical (unpaired) electrons. The Morgan fingerprint density at radius 2 is 1.67 bits per heavy atom. The molecule has 6 rings (SSSR count). The van der Waals surface area contributed by atoms with Gasteiger partial charge in [-0.25, -0.2) is 4.79 Å². The van der Waals surface area contributed by atoms with Gasteiger partial charge in [0, 0.05) is 36.4 Å². The number of aliphatic hydroxyl groups excluding tert-OH is 1. The van der Waals surface area contributed by atoms with Crippen molar-refractivity contribution in [2.45, 2.75) is 44.3 Å². The number of nitrogens with zero attached hydrogens (tertiary/aromatic N) is 1. The highest BCUT2D eigenvalue weighted by Gasteiger charge is 2.28. The van der Waals surface area contributed by atoms with E-state index in [0.717, 1.165) is 83.4 Å². The van der Waals surface area contributed by atoms with Gasteiger partial charge in [0.25, 0.3) is 0 Å². The highest BCUT2D eigenvalue weighted by molar-refractivity contribution is 5.92. The number of aromatic nitrogens is 1. The number of amides is 1. The summed E-state index contributed by atoms with van der Waals surface area (Å²) in [6.07, 6.45) is 2.84. The fourth-order valence-corrected chi connectivity index (χ4v) is 6.72. The van der Waals surface area contributed by atoms with Crippen LogP contribution in [-0.2, 0) is 17.6 Å². The Hall–Kier alpha value is -5.16. The summed E-state index contributed by atoms with van der Waals surface area (Å²) in [5.74, 6) is 0.775. The monoisotopic (exact) mass is 705 g/mol. The molecule has 1 amide bonds. The number of fused-ring (bicyclic) bond motifs is 1. The third-order valence-electron chi connectivity index (χ3n) is 9.79. The number of aromatic hydroxyl groups is 1. The number of phenols is 1. The van der Waals surface area contributed by atoms with Gasteiger partial charge in [0.05, 0.1) is 51.1 Å². The highest BCUT2D eigenvalue weighted by Crippen LogP contribution is 2.31. The molecule has 5 aromatic rings. The van der Waals surface area contributed by atoms with Gasteiger partial charge in [-0.2, -0.15) is 0 Å². The molecule has 10 heteroatoms. The van der Waals surface area contributed by atoms with Crippen LogP contribution in [0, 0.1) is 0 Å². The zero-order valence-corrected chi connectivity index (χ0v) is 29.9. The van der Waals surface area contributed by atoms with Crippen molar-refractivity contribution in [3.05, 3.63) is 124 Å². The summed E-state index contributed by atoms with van der Waals surface area (Å²) in [6, 6.07) is 30.5. The predicted octanol–water partition coefficient (Wildman–Crippen LogP) is 6.57. The summed E-state index contributed by atoms with van der Waals surface area (Å²) in [6.45, 7) is 3.54. The number of anilines is 1. The van der Waals surface area contributed by atoms with E-state index < -0.39 is 12.2 Å². The van der Waals surface area contributed by atoms with Crippen molar-refractivity contribution in [1.29, 1.82) is 0 Å². The molecule has 5 N–H and O–H groups in total. The van der Waals surface area contributed by atoms with Gasteiger partial charge in [0.15, 0.2) is 0 Å². The Bertz CT molecular complexity index is 2000. The van der Waals surface area contributed by atoms with Crippen LogP contribution >= 0.6 is 0 Å². The minimum absolute atomic E-state index is 0.0295. The van der Waals surface area contributed by atoms with Crippen LogP contribution in [0.3, 0.4) is 0 Å². The maximum Gasteiger partial charge on any atom is 0.411 e. The van der Waals surface area contributed by atoms with Crippen LogP contribution in [0.25, 0.3) is 22.0 Å². The molecule has 4 aromatic carbocycles. The molecule has 0 unspecified atom stereocenters. The largest absolute Gasteiger partial charge is 0.506 e. The molecule has 10 nitrogen and oxygen atoms in total. The number of aromatic amines is 1. The van der Waals surface area contributed by atoms with Crippen molar-refractivity contribution >= 4 is 22.7 Å². The van der Waals surface area contributed by atoms with Gasteiger partial charge < -0.3 is 34.5 Å². The first kappa shape index (κ1) is 36.6. The second-order valence-corrected chi connectivity index (χ2v) is 14.2. The van der Waals surface area contributed by atoms with Gasteiger partial charge in [0.1, 0.15) is 17.6 Å². The number of quaternary nitrogens is 1. The number of carbonyl (C=O) groups excluding carboxylic acids is 1. The molecular formula is C42H49N4O6+. The molecule has 0 saturated carbocycles. The maximum absolute atomic E-state index is 13.0. The average Bonchev–Trinajstić information content (AvgIpc) is 3.14. The van der Waals surface area contributed by atoms with Crippen molar-refractivity contribution in [3.8, 4) is 22.6 Å². The van der Waals surface area contributed by atoms with Crippen LogP contribution < -0.4 is 20.9 Å². The first-order valence-electron chi connectivity index (χ1n) is 18.1. The number of hydrogen-bond acceptors (Lipinski definition) is 7. The molecule has 0 aliphatic carbocycles. The molecule has 1 aliphatic heterocycles. The zero-order valence-electron chi connectivity index (χ0n) is 29.9. The number of H-pyrrole nitrogens is 1. The molecule has 0 bridgehead atoms. The van der Waals surface area contributed by atoms with Crippen molar-refractivity contribution < 1.29 is 29.0 Å². The summed E-state index contributed by atoms with van der Waals surface area (Å²) in [4.78, 5) is 27.3. The first-order chi connectivity index (χ1) is 25.1. The van der Waals surface area contributed by atoms with Crippen LogP contribution in [0.5, 0.6) is 11.5 Å². The number of likely N-dealkylation sites (tertiary alicyclic amines) is 1. The van der Waals surface area contributed by atoms with E-state index in [1.54, 1.807) is 12.1 Å². The quantitative estimate of drug-likeness (QED) is 0.0653. The minimum atomic E-state index is -0.801. The van der Waals surface area contributed by atoms with Crippen molar-refractivity contribution in [1.82, 2.24) is 10.3 Å². The standard InChI is InChI=1S/C42H48N4O6/c1-46(2)24-21-33(22-25-46)52-42(50)44-37-27-30(12-15-34(37)31-8-4-3-5-9-31)7-6-26-51-32-13-10-29(11-14-32)20-23-43-28-39(48)35-16-18-38(47)41-36(35)17-19-40(49)45-41/h3-5,8-19,27,33,39,43,48H,6-7,20-26,28H2,1-2H3,(H2-,44,45,47,49,50)/p+1/t39-/m1/s1. The SMILES string of the molecule is C[N+]1(C)CCC(OC(=O)Nc2cc(CCCOc3ccc(CCNC[C@@H](O)c4ccc(O)c5[nH]c(=O)ccc45)cc3)ccc2-c2ccccc2)CC1. The number of ether oxygens (including phenoxy) is 2. The van der Waals surface area contributed by atoms with Gasteiger partial charge in [-0.15, -0.1) is 0 Å². The predicted molar refractivity (Wildman–Crippen MR) is 205 cm³/mol. The molecule has 1 atom stereocenters. The number of aliphatic hydroxyl groups is 1. The average molecular weight is 706 g/mol. The van der Waals surface area contributed by atoms with E-state index in [9.17, 15) is 19.8 Å². The second kappa shape index (κ2) is 16.9. The van der Waals surface area contributed by atoms with Gasteiger partial charge in [-0.1, -0.05) is 60.7 Å². The lowest BCUT2D eigenvalue weighted by atomic mass is 10.00. The van der Waals surface area contributed by atoms with Gasteiger partial charge in [-0.3, -0.25) is 10.1 Å². The molecule has 52 heavy (non-hydrogen) atoms. The fourth-order valence-electron chi connectivity index (χ4n) is 6.72. The Morgan fingerprint density at radius 3 is 2.44 bits per heavy atom. The van der Waals surface area contributed by atoms with Crippen LogP contribution in [0.1, 0.15) is 42.1 Å². The summed E-state index contributed by atoms with van der Waals surface area (Å²) in [5.41, 5.74) is 5.63. The lowest BCUT2D eigenvalue weighted by Crippen LogP contribution is -2.48. The molecule has 272 valence electrons. The Morgan fingerprint density at radius 1 is 0.923 bits per heavy atom. The number of aryl methyl sites for hydroxylation is 1. The fraction of sp³-hybridized carbons (Fsp3) is 0.333. The maximum atomic E-state index is 13.0.